The lowest BCUT2D eigenvalue weighted by Crippen LogP contribution is -2.22. The van der Waals surface area contributed by atoms with Crippen LogP contribution in [0.3, 0.4) is 0 Å². The molecule has 1 N–H and O–H groups in total. The summed E-state index contributed by atoms with van der Waals surface area (Å²) in [5.74, 6) is 0.210. The van der Waals surface area contributed by atoms with Crippen LogP contribution >= 0.6 is 0 Å². The van der Waals surface area contributed by atoms with Crippen molar-refractivity contribution in [3.8, 4) is 28.3 Å². The number of hydrogen-bond donors (Lipinski definition) is 1. The van der Waals surface area contributed by atoms with Crippen LogP contribution in [0.5, 0.6) is 5.88 Å². The third kappa shape index (κ3) is 2.94. The summed E-state index contributed by atoms with van der Waals surface area (Å²) < 4.78 is 1.71. The first-order valence-corrected chi connectivity index (χ1v) is 8.24. The van der Waals surface area contributed by atoms with Gasteiger partial charge < -0.3 is 5.11 Å². The maximum atomic E-state index is 10.9. The predicted octanol–water partition coefficient (Wildman–Crippen LogP) is 5.29. The molecule has 124 valence electrons. The number of aromatic nitrogens is 2. The second kappa shape index (κ2) is 5.82. The molecule has 24 heavy (non-hydrogen) atoms. The molecule has 3 nitrogen and oxygen atoms in total. The molecule has 0 aliphatic heterocycles. The highest BCUT2D eigenvalue weighted by atomic mass is 16.3. The largest absolute Gasteiger partial charge is 0.493 e. The van der Waals surface area contributed by atoms with Crippen molar-refractivity contribution in [2.45, 2.75) is 40.2 Å². The SMILES string of the molecule is Cc1ccc(-c2nn(C(C)(C)C)c(O)c2-c2ccc(C)cc2)cc1. The quantitative estimate of drug-likeness (QED) is 0.696. The first-order valence-electron chi connectivity index (χ1n) is 8.24. The van der Waals surface area contributed by atoms with Gasteiger partial charge in [0.1, 0.15) is 5.69 Å². The minimum absolute atomic E-state index is 0.210. The Balaban J connectivity index is 2.27. The van der Waals surface area contributed by atoms with Gasteiger partial charge in [-0.25, -0.2) is 4.68 Å². The van der Waals surface area contributed by atoms with E-state index in [1.807, 2.05) is 32.9 Å². The molecular weight excluding hydrogens is 296 g/mol. The fraction of sp³-hybridized carbons (Fsp3) is 0.286. The van der Waals surface area contributed by atoms with Crippen LogP contribution in [0.15, 0.2) is 48.5 Å². The van der Waals surface area contributed by atoms with Gasteiger partial charge in [0.25, 0.3) is 0 Å². The molecule has 0 unspecified atom stereocenters. The smallest absolute Gasteiger partial charge is 0.218 e. The zero-order valence-corrected chi connectivity index (χ0v) is 15.0. The van der Waals surface area contributed by atoms with Crippen molar-refractivity contribution in [1.29, 1.82) is 0 Å². The van der Waals surface area contributed by atoms with Gasteiger partial charge in [0.05, 0.1) is 11.1 Å². The van der Waals surface area contributed by atoms with Crippen LogP contribution in [0.2, 0.25) is 0 Å². The fourth-order valence-corrected chi connectivity index (χ4v) is 2.78. The summed E-state index contributed by atoms with van der Waals surface area (Å²) in [6, 6.07) is 16.4. The van der Waals surface area contributed by atoms with Crippen LogP contribution < -0.4 is 0 Å². The molecular formula is C21H24N2O. The molecule has 0 aliphatic rings. The van der Waals surface area contributed by atoms with E-state index in [4.69, 9.17) is 5.10 Å². The molecule has 2 aromatic carbocycles. The Kier molecular flexibility index (Phi) is 3.96. The second-order valence-corrected chi connectivity index (χ2v) is 7.36. The van der Waals surface area contributed by atoms with E-state index in [9.17, 15) is 5.11 Å². The van der Waals surface area contributed by atoms with Gasteiger partial charge in [-0.3, -0.25) is 0 Å². The lowest BCUT2D eigenvalue weighted by atomic mass is 9.99. The molecule has 3 heteroatoms. The Hall–Kier alpha value is -2.55. The standard InChI is InChI=1S/C21H24N2O/c1-14-6-10-16(11-7-14)18-19(17-12-8-15(2)9-13-17)22-23(20(18)24)21(3,4)5/h6-13,24H,1-5H3. The Morgan fingerprint density at radius 1 is 0.792 bits per heavy atom. The van der Waals surface area contributed by atoms with E-state index < -0.39 is 0 Å². The number of benzene rings is 2. The summed E-state index contributed by atoms with van der Waals surface area (Å²) in [6.07, 6.45) is 0. The molecule has 0 spiro atoms. The summed E-state index contributed by atoms with van der Waals surface area (Å²) in [7, 11) is 0. The lowest BCUT2D eigenvalue weighted by molar-refractivity contribution is 0.296. The molecule has 0 saturated heterocycles. The Morgan fingerprint density at radius 3 is 1.71 bits per heavy atom. The van der Waals surface area contributed by atoms with E-state index in [0.29, 0.717) is 0 Å². The highest BCUT2D eigenvalue weighted by Gasteiger charge is 2.26. The first kappa shape index (κ1) is 16.3. The van der Waals surface area contributed by atoms with E-state index in [-0.39, 0.29) is 11.4 Å². The van der Waals surface area contributed by atoms with Crippen LogP contribution in [-0.2, 0) is 5.54 Å². The summed E-state index contributed by atoms with van der Waals surface area (Å²) in [5.41, 5.74) is 5.68. The third-order valence-electron chi connectivity index (χ3n) is 4.16. The normalized spacial score (nSPS) is 11.7. The third-order valence-corrected chi connectivity index (χ3v) is 4.16. The lowest BCUT2D eigenvalue weighted by Gasteiger charge is -2.20. The van der Waals surface area contributed by atoms with Crippen LogP contribution in [-0.4, -0.2) is 14.9 Å². The molecule has 1 heterocycles. The molecule has 0 amide bonds. The fourth-order valence-electron chi connectivity index (χ4n) is 2.78. The average molecular weight is 320 g/mol. The van der Waals surface area contributed by atoms with Crippen LogP contribution in [0.4, 0.5) is 0 Å². The van der Waals surface area contributed by atoms with Gasteiger partial charge in [0.2, 0.25) is 5.88 Å². The number of nitrogens with zero attached hydrogens (tertiary/aromatic N) is 2. The van der Waals surface area contributed by atoms with Gasteiger partial charge in [-0.05, 0) is 40.2 Å². The summed E-state index contributed by atoms with van der Waals surface area (Å²) in [6.45, 7) is 10.2. The number of aromatic hydroxyl groups is 1. The number of hydrogen-bond acceptors (Lipinski definition) is 2. The van der Waals surface area contributed by atoms with Crippen molar-refractivity contribution in [3.63, 3.8) is 0 Å². The summed E-state index contributed by atoms with van der Waals surface area (Å²) in [4.78, 5) is 0. The minimum Gasteiger partial charge on any atom is -0.493 e. The highest BCUT2D eigenvalue weighted by molar-refractivity contribution is 5.84. The maximum absolute atomic E-state index is 10.9. The van der Waals surface area contributed by atoms with E-state index in [2.05, 4.69) is 50.2 Å². The van der Waals surface area contributed by atoms with Crippen LogP contribution in [0.25, 0.3) is 22.4 Å². The van der Waals surface area contributed by atoms with Crippen molar-refractivity contribution in [1.82, 2.24) is 9.78 Å². The Morgan fingerprint density at radius 2 is 1.25 bits per heavy atom. The van der Waals surface area contributed by atoms with Crippen molar-refractivity contribution in [3.05, 3.63) is 59.7 Å². The van der Waals surface area contributed by atoms with Crippen LogP contribution in [0.1, 0.15) is 31.9 Å². The first-order chi connectivity index (χ1) is 11.3. The molecule has 3 rings (SSSR count). The Labute approximate surface area is 143 Å². The van der Waals surface area contributed by atoms with Gasteiger partial charge in [-0.1, -0.05) is 59.7 Å². The summed E-state index contributed by atoms with van der Waals surface area (Å²) >= 11 is 0. The van der Waals surface area contributed by atoms with Gasteiger partial charge in [-0.15, -0.1) is 0 Å². The van der Waals surface area contributed by atoms with Gasteiger partial charge in [0, 0.05) is 5.56 Å². The maximum Gasteiger partial charge on any atom is 0.218 e. The molecule has 3 aromatic rings. The molecule has 0 aliphatic carbocycles. The van der Waals surface area contributed by atoms with E-state index >= 15 is 0 Å². The monoisotopic (exact) mass is 320 g/mol. The number of aryl methyl sites for hydroxylation is 2. The predicted molar refractivity (Wildman–Crippen MR) is 99.2 cm³/mol. The minimum atomic E-state index is -0.299. The Bertz CT molecular complexity index is 851. The topological polar surface area (TPSA) is 38.0 Å². The van der Waals surface area contributed by atoms with Gasteiger partial charge in [-0.2, -0.15) is 5.10 Å². The van der Waals surface area contributed by atoms with Crippen molar-refractivity contribution in [2.24, 2.45) is 0 Å². The molecule has 0 bridgehead atoms. The molecule has 0 atom stereocenters. The van der Waals surface area contributed by atoms with E-state index in [0.717, 1.165) is 22.4 Å². The van der Waals surface area contributed by atoms with Gasteiger partial charge >= 0.3 is 0 Å². The molecule has 0 saturated carbocycles. The van der Waals surface area contributed by atoms with Crippen LogP contribution in [0, 0.1) is 13.8 Å². The van der Waals surface area contributed by atoms with Crippen molar-refractivity contribution < 1.29 is 5.11 Å². The van der Waals surface area contributed by atoms with Crippen molar-refractivity contribution >= 4 is 0 Å². The highest BCUT2D eigenvalue weighted by Crippen LogP contribution is 2.40. The van der Waals surface area contributed by atoms with E-state index in [1.54, 1.807) is 4.68 Å². The summed E-state index contributed by atoms with van der Waals surface area (Å²) in [5, 5.41) is 15.6. The number of rotatable bonds is 2. The van der Waals surface area contributed by atoms with E-state index in [1.165, 1.54) is 11.1 Å². The molecule has 1 aromatic heterocycles. The average Bonchev–Trinajstić information content (AvgIpc) is 2.86. The van der Waals surface area contributed by atoms with Gasteiger partial charge in [0.15, 0.2) is 0 Å². The molecule has 0 fully saturated rings. The van der Waals surface area contributed by atoms with Crippen molar-refractivity contribution in [2.75, 3.05) is 0 Å². The zero-order valence-electron chi connectivity index (χ0n) is 15.0. The zero-order chi connectivity index (χ0) is 17.5. The molecule has 0 radical (unpaired) electrons. The second-order valence-electron chi connectivity index (χ2n) is 7.36.